The lowest BCUT2D eigenvalue weighted by atomic mass is 10.0. The van der Waals surface area contributed by atoms with Crippen molar-refractivity contribution < 1.29 is 4.39 Å². The molecular formula is C22H13ClFN5. The molecule has 1 aliphatic heterocycles. The van der Waals surface area contributed by atoms with Crippen molar-refractivity contribution in [1.82, 2.24) is 15.0 Å². The Morgan fingerprint density at radius 1 is 1.03 bits per heavy atom. The van der Waals surface area contributed by atoms with E-state index in [0.717, 1.165) is 39.1 Å². The maximum atomic E-state index is 13.8. The summed E-state index contributed by atoms with van der Waals surface area (Å²) >= 11 is 6.03. The fourth-order valence-corrected chi connectivity index (χ4v) is 3.83. The Morgan fingerprint density at radius 3 is 2.69 bits per heavy atom. The van der Waals surface area contributed by atoms with Gasteiger partial charge < -0.3 is 4.90 Å². The normalized spacial score (nSPS) is 12.8. The van der Waals surface area contributed by atoms with Crippen molar-refractivity contribution in [3.63, 3.8) is 0 Å². The summed E-state index contributed by atoms with van der Waals surface area (Å²) in [6.07, 6.45) is 3.93. The summed E-state index contributed by atoms with van der Waals surface area (Å²) in [7, 11) is 0. The minimum absolute atomic E-state index is 0.0957. The molecule has 5 rings (SSSR count). The van der Waals surface area contributed by atoms with Gasteiger partial charge in [-0.1, -0.05) is 17.7 Å². The molecule has 0 saturated carbocycles. The number of hydrogen-bond donors (Lipinski definition) is 0. The molecule has 0 N–H and O–H groups in total. The van der Waals surface area contributed by atoms with Crippen LogP contribution in [0.3, 0.4) is 0 Å². The number of benzene rings is 2. The predicted octanol–water partition coefficient (Wildman–Crippen LogP) is 5.05. The highest BCUT2D eigenvalue weighted by Gasteiger charge is 2.25. The number of hydrogen-bond acceptors (Lipinski definition) is 5. The van der Waals surface area contributed by atoms with Crippen LogP contribution in [-0.2, 0) is 6.42 Å². The van der Waals surface area contributed by atoms with Gasteiger partial charge in [-0.05, 0) is 53.9 Å². The van der Waals surface area contributed by atoms with Crippen LogP contribution in [0.1, 0.15) is 11.3 Å². The Balaban J connectivity index is 1.64. The van der Waals surface area contributed by atoms with Crippen LogP contribution in [0, 0.1) is 17.1 Å². The van der Waals surface area contributed by atoms with Crippen molar-refractivity contribution in [3.05, 3.63) is 77.1 Å². The monoisotopic (exact) mass is 401 g/mol. The van der Waals surface area contributed by atoms with E-state index in [1.54, 1.807) is 18.3 Å². The Morgan fingerprint density at radius 2 is 1.90 bits per heavy atom. The summed E-state index contributed by atoms with van der Waals surface area (Å²) in [5.41, 5.74) is 4.79. The number of nitrogens with zero attached hydrogens (tertiary/aromatic N) is 5. The number of halogens is 2. The van der Waals surface area contributed by atoms with Gasteiger partial charge in [0.25, 0.3) is 0 Å². The Kier molecular flexibility index (Phi) is 4.11. The van der Waals surface area contributed by atoms with Crippen LogP contribution in [-0.4, -0.2) is 21.5 Å². The van der Waals surface area contributed by atoms with E-state index in [0.29, 0.717) is 18.7 Å². The number of anilines is 2. The lowest BCUT2D eigenvalue weighted by Gasteiger charge is -2.20. The minimum Gasteiger partial charge on any atom is -0.325 e. The second-order valence-electron chi connectivity index (χ2n) is 6.77. The highest BCUT2D eigenvalue weighted by atomic mass is 35.5. The topological polar surface area (TPSA) is 65.7 Å². The lowest BCUT2D eigenvalue weighted by Crippen LogP contribution is -2.15. The summed E-state index contributed by atoms with van der Waals surface area (Å²) < 4.78 is 13.8. The van der Waals surface area contributed by atoms with Crippen LogP contribution in [0.15, 0.2) is 55.0 Å². The standard InChI is InChI=1S/C22H13ClFN5/c23-18-9-21-14(8-19(18)24)5-6-29(21)22-17-7-13(2-4-20(17)27-12-28-22)15-1-3-16(10-25)26-11-15/h1-4,7-9,11-12H,5-6H2. The molecule has 5 nitrogen and oxygen atoms in total. The molecule has 140 valence electrons. The molecule has 0 radical (unpaired) electrons. The third kappa shape index (κ3) is 2.96. The summed E-state index contributed by atoms with van der Waals surface area (Å²) in [5, 5.41) is 9.92. The van der Waals surface area contributed by atoms with Gasteiger partial charge in [0.1, 0.15) is 29.7 Å². The molecule has 0 aliphatic carbocycles. The number of fused-ring (bicyclic) bond motifs is 2. The van der Waals surface area contributed by atoms with Crippen LogP contribution in [0.2, 0.25) is 5.02 Å². The zero-order chi connectivity index (χ0) is 20.0. The number of rotatable bonds is 2. The molecule has 29 heavy (non-hydrogen) atoms. The molecule has 0 spiro atoms. The smallest absolute Gasteiger partial charge is 0.144 e. The molecule has 4 aromatic rings. The SMILES string of the molecule is N#Cc1ccc(-c2ccc3ncnc(N4CCc5cc(F)c(Cl)cc54)c3c2)cn1. The summed E-state index contributed by atoms with van der Waals surface area (Å²) in [6.45, 7) is 0.684. The predicted molar refractivity (Wildman–Crippen MR) is 110 cm³/mol. The van der Waals surface area contributed by atoms with Crippen molar-refractivity contribution in [3.8, 4) is 17.2 Å². The summed E-state index contributed by atoms with van der Waals surface area (Å²) in [6, 6.07) is 14.6. The van der Waals surface area contributed by atoms with Crippen molar-refractivity contribution in [2.24, 2.45) is 0 Å². The van der Waals surface area contributed by atoms with E-state index in [2.05, 4.69) is 15.0 Å². The van der Waals surface area contributed by atoms with Gasteiger partial charge in [-0.25, -0.2) is 19.3 Å². The van der Waals surface area contributed by atoms with E-state index in [1.807, 2.05) is 35.2 Å². The third-order valence-corrected chi connectivity index (χ3v) is 5.39. The van der Waals surface area contributed by atoms with Crippen LogP contribution in [0.25, 0.3) is 22.0 Å². The Hall–Kier alpha value is -3.56. The van der Waals surface area contributed by atoms with E-state index in [9.17, 15) is 4.39 Å². The van der Waals surface area contributed by atoms with Gasteiger partial charge in [0.15, 0.2) is 0 Å². The van der Waals surface area contributed by atoms with Crippen molar-refractivity contribution >= 4 is 34.0 Å². The molecule has 0 atom stereocenters. The molecule has 3 heterocycles. The average Bonchev–Trinajstić information content (AvgIpc) is 3.15. The molecule has 0 fully saturated rings. The van der Waals surface area contributed by atoms with Gasteiger partial charge in [0, 0.05) is 29.4 Å². The molecule has 2 aromatic carbocycles. The van der Waals surface area contributed by atoms with Crippen LogP contribution >= 0.6 is 11.6 Å². The second-order valence-corrected chi connectivity index (χ2v) is 7.18. The fraction of sp³-hybridized carbons (Fsp3) is 0.0909. The summed E-state index contributed by atoms with van der Waals surface area (Å²) in [5.74, 6) is 0.343. The van der Waals surface area contributed by atoms with Gasteiger partial charge in [-0.15, -0.1) is 0 Å². The van der Waals surface area contributed by atoms with Gasteiger partial charge >= 0.3 is 0 Å². The minimum atomic E-state index is -0.407. The zero-order valence-electron chi connectivity index (χ0n) is 15.1. The first kappa shape index (κ1) is 17.5. The van der Waals surface area contributed by atoms with Crippen molar-refractivity contribution in [2.45, 2.75) is 6.42 Å². The lowest BCUT2D eigenvalue weighted by molar-refractivity contribution is 0.627. The van der Waals surface area contributed by atoms with Crippen LogP contribution < -0.4 is 4.90 Å². The molecule has 0 unspecified atom stereocenters. The molecule has 0 saturated heterocycles. The maximum Gasteiger partial charge on any atom is 0.144 e. The second kappa shape index (κ2) is 6.80. The van der Waals surface area contributed by atoms with E-state index >= 15 is 0 Å². The Bertz CT molecular complexity index is 1300. The van der Waals surface area contributed by atoms with E-state index in [-0.39, 0.29) is 5.02 Å². The van der Waals surface area contributed by atoms with E-state index < -0.39 is 5.82 Å². The van der Waals surface area contributed by atoms with E-state index in [4.69, 9.17) is 16.9 Å². The molecular weight excluding hydrogens is 389 g/mol. The number of pyridine rings is 1. The van der Waals surface area contributed by atoms with Crippen LogP contribution in [0.4, 0.5) is 15.9 Å². The highest BCUT2D eigenvalue weighted by molar-refractivity contribution is 6.31. The number of aromatic nitrogens is 3. The van der Waals surface area contributed by atoms with Gasteiger partial charge in [-0.3, -0.25) is 0 Å². The third-order valence-electron chi connectivity index (χ3n) is 5.10. The first-order valence-corrected chi connectivity index (χ1v) is 9.38. The first-order chi connectivity index (χ1) is 14.1. The highest BCUT2D eigenvalue weighted by Crippen LogP contribution is 2.39. The average molecular weight is 402 g/mol. The molecule has 7 heteroatoms. The van der Waals surface area contributed by atoms with Crippen molar-refractivity contribution in [2.75, 3.05) is 11.4 Å². The maximum absolute atomic E-state index is 13.8. The van der Waals surface area contributed by atoms with E-state index in [1.165, 1.54) is 12.4 Å². The zero-order valence-corrected chi connectivity index (χ0v) is 15.9. The quantitative estimate of drug-likeness (QED) is 0.470. The first-order valence-electron chi connectivity index (χ1n) is 9.01. The molecule has 0 amide bonds. The number of nitriles is 1. The van der Waals surface area contributed by atoms with Gasteiger partial charge in [0.2, 0.25) is 0 Å². The Labute approximate surface area is 171 Å². The molecule has 0 bridgehead atoms. The van der Waals surface area contributed by atoms with Gasteiger partial charge in [-0.2, -0.15) is 5.26 Å². The molecule has 1 aliphatic rings. The van der Waals surface area contributed by atoms with Crippen molar-refractivity contribution in [1.29, 1.82) is 5.26 Å². The fourth-order valence-electron chi connectivity index (χ4n) is 3.67. The summed E-state index contributed by atoms with van der Waals surface area (Å²) in [4.78, 5) is 15.1. The largest absolute Gasteiger partial charge is 0.325 e. The van der Waals surface area contributed by atoms with Crippen LogP contribution in [0.5, 0.6) is 0 Å². The molecule has 2 aromatic heterocycles. The van der Waals surface area contributed by atoms with Gasteiger partial charge in [0.05, 0.1) is 10.5 Å².